The average molecular weight is 257 g/mol. The number of furan rings is 1. The van der Waals surface area contributed by atoms with Crippen LogP contribution in [-0.2, 0) is 6.42 Å². The minimum absolute atomic E-state index is 0.227. The molecule has 2 rings (SSSR count). The molecule has 1 N–H and O–H groups in total. The summed E-state index contributed by atoms with van der Waals surface area (Å²) in [5.74, 6) is 0.996. The van der Waals surface area contributed by atoms with Crippen LogP contribution in [0.15, 0.2) is 41.0 Å². The molecule has 1 unspecified atom stereocenters. The Labute approximate surface area is 115 Å². The molecule has 1 aromatic carbocycles. The van der Waals surface area contributed by atoms with Gasteiger partial charge in [0.25, 0.3) is 0 Å². The number of hydrogen-bond donors (Lipinski definition) is 1. The van der Waals surface area contributed by atoms with Gasteiger partial charge in [0.15, 0.2) is 0 Å². The molecule has 1 aromatic heterocycles. The quantitative estimate of drug-likeness (QED) is 0.837. The first-order valence-electron chi connectivity index (χ1n) is 7.12. The van der Waals surface area contributed by atoms with Gasteiger partial charge < -0.3 is 9.73 Å². The first-order valence-corrected chi connectivity index (χ1v) is 7.12. The van der Waals surface area contributed by atoms with Gasteiger partial charge in [-0.05, 0) is 43.5 Å². The lowest BCUT2D eigenvalue weighted by Crippen LogP contribution is -2.23. The number of rotatable bonds is 6. The van der Waals surface area contributed by atoms with Crippen molar-refractivity contribution in [1.82, 2.24) is 5.32 Å². The summed E-state index contributed by atoms with van der Waals surface area (Å²) in [6.45, 7) is 7.41. The zero-order chi connectivity index (χ0) is 13.7. The van der Waals surface area contributed by atoms with Crippen LogP contribution in [0.4, 0.5) is 0 Å². The number of hydrogen-bond acceptors (Lipinski definition) is 2. The fraction of sp³-hybridized carbons (Fsp3) is 0.412. The zero-order valence-corrected chi connectivity index (χ0v) is 12.1. The molecule has 0 bridgehead atoms. The van der Waals surface area contributed by atoms with E-state index >= 15 is 0 Å². The van der Waals surface area contributed by atoms with E-state index in [1.54, 1.807) is 6.26 Å². The van der Waals surface area contributed by atoms with Gasteiger partial charge in [0, 0.05) is 5.56 Å². The summed E-state index contributed by atoms with van der Waals surface area (Å²) in [7, 11) is 0. The molecule has 0 fully saturated rings. The first-order chi connectivity index (χ1) is 9.26. The van der Waals surface area contributed by atoms with Gasteiger partial charge in [0.05, 0.1) is 12.3 Å². The van der Waals surface area contributed by atoms with Crippen LogP contribution in [0.1, 0.15) is 48.8 Å². The van der Waals surface area contributed by atoms with Gasteiger partial charge in [-0.2, -0.15) is 0 Å². The van der Waals surface area contributed by atoms with Gasteiger partial charge in [-0.15, -0.1) is 0 Å². The standard InChI is InChI=1S/C17H23NO/c1-4-10-18-17(16-9-11-19-13(16)3)15-8-6-7-14(5-2)12-15/h6-9,11-12,17-18H,4-5,10H2,1-3H3. The average Bonchev–Trinajstić information content (AvgIpc) is 2.86. The number of aryl methyl sites for hydroxylation is 2. The SMILES string of the molecule is CCCNC(c1cccc(CC)c1)c1ccoc1C. The molecule has 0 radical (unpaired) electrons. The molecule has 0 amide bonds. The topological polar surface area (TPSA) is 25.2 Å². The second kappa shape index (κ2) is 6.58. The molecular weight excluding hydrogens is 234 g/mol. The van der Waals surface area contributed by atoms with Crippen molar-refractivity contribution in [3.8, 4) is 0 Å². The molecule has 0 saturated carbocycles. The highest BCUT2D eigenvalue weighted by atomic mass is 16.3. The fourth-order valence-corrected chi connectivity index (χ4v) is 2.38. The second-order valence-corrected chi connectivity index (χ2v) is 4.92. The van der Waals surface area contributed by atoms with Gasteiger partial charge in [-0.25, -0.2) is 0 Å². The Kier molecular flexibility index (Phi) is 4.80. The maximum atomic E-state index is 5.46. The van der Waals surface area contributed by atoms with Gasteiger partial charge in [0.1, 0.15) is 5.76 Å². The molecule has 1 atom stereocenters. The second-order valence-electron chi connectivity index (χ2n) is 4.92. The lowest BCUT2D eigenvalue weighted by atomic mass is 9.97. The van der Waals surface area contributed by atoms with Crippen LogP contribution in [0.25, 0.3) is 0 Å². The summed E-state index contributed by atoms with van der Waals surface area (Å²) >= 11 is 0. The van der Waals surface area contributed by atoms with Crippen LogP contribution in [0.5, 0.6) is 0 Å². The van der Waals surface area contributed by atoms with Crippen LogP contribution in [0.2, 0.25) is 0 Å². The minimum atomic E-state index is 0.227. The maximum absolute atomic E-state index is 5.46. The Balaban J connectivity index is 2.34. The molecule has 19 heavy (non-hydrogen) atoms. The third-order valence-electron chi connectivity index (χ3n) is 3.50. The third-order valence-corrected chi connectivity index (χ3v) is 3.50. The Morgan fingerprint density at radius 1 is 1.21 bits per heavy atom. The molecule has 0 aliphatic rings. The smallest absolute Gasteiger partial charge is 0.105 e. The Hall–Kier alpha value is -1.54. The van der Waals surface area contributed by atoms with E-state index in [-0.39, 0.29) is 6.04 Å². The molecule has 0 aliphatic heterocycles. The highest BCUT2D eigenvalue weighted by molar-refractivity contribution is 5.35. The summed E-state index contributed by atoms with van der Waals surface area (Å²) in [5.41, 5.74) is 3.93. The summed E-state index contributed by atoms with van der Waals surface area (Å²) < 4.78 is 5.46. The largest absolute Gasteiger partial charge is 0.469 e. The van der Waals surface area contributed by atoms with Crippen molar-refractivity contribution in [3.63, 3.8) is 0 Å². The molecule has 0 aliphatic carbocycles. The van der Waals surface area contributed by atoms with E-state index in [2.05, 4.69) is 49.5 Å². The van der Waals surface area contributed by atoms with E-state index in [0.29, 0.717) is 0 Å². The van der Waals surface area contributed by atoms with Gasteiger partial charge in [-0.3, -0.25) is 0 Å². The normalized spacial score (nSPS) is 12.6. The van der Waals surface area contributed by atoms with E-state index in [0.717, 1.165) is 25.1 Å². The molecule has 1 heterocycles. The lowest BCUT2D eigenvalue weighted by Gasteiger charge is -2.19. The van der Waals surface area contributed by atoms with Crippen LogP contribution >= 0.6 is 0 Å². The minimum Gasteiger partial charge on any atom is -0.469 e. The highest BCUT2D eigenvalue weighted by Crippen LogP contribution is 2.26. The van der Waals surface area contributed by atoms with Crippen molar-refractivity contribution >= 4 is 0 Å². The maximum Gasteiger partial charge on any atom is 0.105 e. The molecular formula is C17H23NO. The van der Waals surface area contributed by atoms with Crippen molar-refractivity contribution < 1.29 is 4.42 Å². The molecule has 0 spiro atoms. The lowest BCUT2D eigenvalue weighted by molar-refractivity contribution is 0.517. The van der Waals surface area contributed by atoms with E-state index in [9.17, 15) is 0 Å². The van der Waals surface area contributed by atoms with Crippen molar-refractivity contribution in [1.29, 1.82) is 0 Å². The van der Waals surface area contributed by atoms with Crippen molar-refractivity contribution in [2.24, 2.45) is 0 Å². The summed E-state index contributed by atoms with van der Waals surface area (Å²) in [5, 5.41) is 3.62. The van der Waals surface area contributed by atoms with E-state index in [1.165, 1.54) is 16.7 Å². The number of nitrogens with one attached hydrogen (secondary N) is 1. The highest BCUT2D eigenvalue weighted by Gasteiger charge is 2.17. The van der Waals surface area contributed by atoms with Crippen LogP contribution in [-0.4, -0.2) is 6.54 Å². The molecule has 0 saturated heterocycles. The third kappa shape index (κ3) is 3.27. The zero-order valence-electron chi connectivity index (χ0n) is 12.1. The number of benzene rings is 1. The van der Waals surface area contributed by atoms with Gasteiger partial charge >= 0.3 is 0 Å². The Bertz CT molecular complexity index is 515. The summed E-state index contributed by atoms with van der Waals surface area (Å²) in [4.78, 5) is 0. The van der Waals surface area contributed by atoms with Gasteiger partial charge in [0.2, 0.25) is 0 Å². The van der Waals surface area contributed by atoms with Crippen LogP contribution in [0, 0.1) is 6.92 Å². The van der Waals surface area contributed by atoms with Crippen molar-refractivity contribution in [3.05, 3.63) is 59.0 Å². The molecule has 2 aromatic rings. The van der Waals surface area contributed by atoms with Crippen LogP contribution < -0.4 is 5.32 Å². The van der Waals surface area contributed by atoms with Crippen molar-refractivity contribution in [2.45, 2.75) is 39.7 Å². The Morgan fingerprint density at radius 2 is 2.05 bits per heavy atom. The van der Waals surface area contributed by atoms with E-state index < -0.39 is 0 Å². The monoisotopic (exact) mass is 257 g/mol. The Morgan fingerprint density at radius 3 is 2.68 bits per heavy atom. The predicted molar refractivity (Wildman–Crippen MR) is 79.4 cm³/mol. The molecule has 2 heteroatoms. The molecule has 102 valence electrons. The first kappa shape index (κ1) is 13.9. The molecule has 2 nitrogen and oxygen atoms in total. The fourth-order valence-electron chi connectivity index (χ4n) is 2.38. The van der Waals surface area contributed by atoms with Crippen LogP contribution in [0.3, 0.4) is 0 Å². The van der Waals surface area contributed by atoms with Crippen molar-refractivity contribution in [2.75, 3.05) is 6.54 Å². The summed E-state index contributed by atoms with van der Waals surface area (Å²) in [6.07, 6.45) is 3.97. The van der Waals surface area contributed by atoms with E-state index in [1.807, 2.05) is 6.92 Å². The van der Waals surface area contributed by atoms with Gasteiger partial charge in [-0.1, -0.05) is 38.1 Å². The predicted octanol–water partition coefficient (Wildman–Crippen LogP) is 4.24. The van der Waals surface area contributed by atoms with E-state index in [4.69, 9.17) is 4.42 Å². The summed E-state index contributed by atoms with van der Waals surface area (Å²) in [6, 6.07) is 11.1.